The number of anilines is 1. The van der Waals surface area contributed by atoms with Crippen molar-refractivity contribution in [2.24, 2.45) is 0 Å². The molecule has 2 rings (SSSR count). The van der Waals surface area contributed by atoms with E-state index in [1.165, 1.54) is 0 Å². The minimum atomic E-state index is -0.540. The number of aromatic amines is 2. The SMILES string of the molecule is O=c1[nH]cc(CC(O)CNc2ccccc2)[nH]1. The molecule has 5 heteroatoms. The van der Waals surface area contributed by atoms with Gasteiger partial charge in [-0.15, -0.1) is 0 Å². The predicted molar refractivity (Wildman–Crippen MR) is 66.1 cm³/mol. The van der Waals surface area contributed by atoms with Crippen LogP contribution in [0.3, 0.4) is 0 Å². The van der Waals surface area contributed by atoms with Crippen molar-refractivity contribution < 1.29 is 5.11 Å². The van der Waals surface area contributed by atoms with Crippen LogP contribution in [-0.4, -0.2) is 27.7 Å². The molecule has 0 bridgehead atoms. The average molecular weight is 233 g/mol. The summed E-state index contributed by atoms with van der Waals surface area (Å²) in [6.07, 6.45) is 1.45. The van der Waals surface area contributed by atoms with Crippen molar-refractivity contribution in [1.29, 1.82) is 0 Å². The highest BCUT2D eigenvalue weighted by atomic mass is 16.3. The lowest BCUT2D eigenvalue weighted by molar-refractivity contribution is 0.187. The molecule has 0 amide bonds. The first-order valence-electron chi connectivity index (χ1n) is 5.47. The van der Waals surface area contributed by atoms with Crippen molar-refractivity contribution in [1.82, 2.24) is 9.97 Å². The number of benzene rings is 1. The van der Waals surface area contributed by atoms with E-state index in [1.807, 2.05) is 30.3 Å². The lowest BCUT2D eigenvalue weighted by atomic mass is 10.2. The number of imidazole rings is 1. The molecular formula is C12H15N3O2. The molecule has 17 heavy (non-hydrogen) atoms. The molecule has 0 saturated carbocycles. The molecule has 0 spiro atoms. The monoisotopic (exact) mass is 233 g/mol. The van der Waals surface area contributed by atoms with Gasteiger partial charge in [0.15, 0.2) is 0 Å². The first-order valence-corrected chi connectivity index (χ1v) is 5.47. The predicted octanol–water partition coefficient (Wildman–Crippen LogP) is 0.718. The van der Waals surface area contributed by atoms with E-state index in [2.05, 4.69) is 15.3 Å². The van der Waals surface area contributed by atoms with Gasteiger partial charge in [0.2, 0.25) is 0 Å². The highest BCUT2D eigenvalue weighted by molar-refractivity contribution is 5.42. The van der Waals surface area contributed by atoms with Crippen LogP contribution >= 0.6 is 0 Å². The van der Waals surface area contributed by atoms with Crippen molar-refractivity contribution in [2.45, 2.75) is 12.5 Å². The number of hydrogen-bond acceptors (Lipinski definition) is 3. The molecule has 0 radical (unpaired) electrons. The molecule has 0 aliphatic rings. The van der Waals surface area contributed by atoms with E-state index in [0.29, 0.717) is 18.7 Å². The van der Waals surface area contributed by atoms with Gasteiger partial charge in [0, 0.05) is 30.5 Å². The van der Waals surface area contributed by atoms with Crippen molar-refractivity contribution in [2.75, 3.05) is 11.9 Å². The maximum absolute atomic E-state index is 10.8. The Morgan fingerprint density at radius 1 is 1.29 bits per heavy atom. The molecule has 5 nitrogen and oxygen atoms in total. The van der Waals surface area contributed by atoms with E-state index < -0.39 is 6.10 Å². The van der Waals surface area contributed by atoms with Crippen LogP contribution in [0.25, 0.3) is 0 Å². The zero-order chi connectivity index (χ0) is 12.1. The summed E-state index contributed by atoms with van der Waals surface area (Å²) < 4.78 is 0. The van der Waals surface area contributed by atoms with Gasteiger partial charge >= 0.3 is 5.69 Å². The highest BCUT2D eigenvalue weighted by Crippen LogP contribution is 2.05. The summed E-state index contributed by atoms with van der Waals surface area (Å²) in [7, 11) is 0. The number of aromatic nitrogens is 2. The molecule has 2 aromatic rings. The topological polar surface area (TPSA) is 80.9 Å². The Balaban J connectivity index is 1.82. The molecule has 0 fully saturated rings. The highest BCUT2D eigenvalue weighted by Gasteiger charge is 2.06. The van der Waals surface area contributed by atoms with Crippen LogP contribution in [0.4, 0.5) is 5.69 Å². The summed E-state index contributed by atoms with van der Waals surface area (Å²) in [5.74, 6) is 0. The van der Waals surface area contributed by atoms with Gasteiger partial charge in [0.05, 0.1) is 6.10 Å². The first-order chi connectivity index (χ1) is 8.24. The van der Waals surface area contributed by atoms with E-state index in [9.17, 15) is 9.90 Å². The van der Waals surface area contributed by atoms with Crippen LogP contribution in [0.1, 0.15) is 5.69 Å². The summed E-state index contributed by atoms with van der Waals surface area (Å²) in [6.45, 7) is 0.442. The number of aliphatic hydroxyl groups is 1. The summed E-state index contributed by atoms with van der Waals surface area (Å²) in [5.41, 5.74) is 1.43. The van der Waals surface area contributed by atoms with Gasteiger partial charge in [-0.3, -0.25) is 0 Å². The number of H-pyrrole nitrogens is 2. The van der Waals surface area contributed by atoms with Gasteiger partial charge in [-0.2, -0.15) is 0 Å². The molecule has 1 unspecified atom stereocenters. The lowest BCUT2D eigenvalue weighted by Gasteiger charge is -2.11. The fraction of sp³-hybridized carbons (Fsp3) is 0.250. The Kier molecular flexibility index (Phi) is 3.62. The largest absolute Gasteiger partial charge is 0.391 e. The molecule has 1 heterocycles. The quantitative estimate of drug-likeness (QED) is 0.614. The van der Waals surface area contributed by atoms with Crippen molar-refractivity contribution in [3.8, 4) is 0 Å². The van der Waals surface area contributed by atoms with Crippen molar-refractivity contribution >= 4 is 5.69 Å². The van der Waals surface area contributed by atoms with Gasteiger partial charge in [-0.1, -0.05) is 18.2 Å². The Labute approximate surface area is 98.5 Å². The summed E-state index contributed by atoms with van der Waals surface area (Å²) in [4.78, 5) is 16.0. The summed E-state index contributed by atoms with van der Waals surface area (Å²) in [6, 6.07) is 9.67. The second-order valence-electron chi connectivity index (χ2n) is 3.87. The number of rotatable bonds is 5. The van der Waals surface area contributed by atoms with Gasteiger partial charge in [-0.25, -0.2) is 4.79 Å². The standard InChI is InChI=1S/C12H15N3O2/c16-11(6-10-7-14-12(17)15-10)8-13-9-4-2-1-3-5-9/h1-5,7,11,13,16H,6,8H2,(H2,14,15,17). The number of para-hydroxylation sites is 1. The Hall–Kier alpha value is -2.01. The van der Waals surface area contributed by atoms with Gasteiger partial charge < -0.3 is 20.4 Å². The van der Waals surface area contributed by atoms with Crippen LogP contribution in [-0.2, 0) is 6.42 Å². The molecular weight excluding hydrogens is 218 g/mol. The molecule has 0 saturated heterocycles. The van der Waals surface area contributed by atoms with Crippen molar-refractivity contribution in [3.05, 3.63) is 52.7 Å². The zero-order valence-corrected chi connectivity index (χ0v) is 9.31. The molecule has 0 aliphatic heterocycles. The molecule has 90 valence electrons. The molecule has 1 aromatic heterocycles. The van der Waals surface area contributed by atoms with E-state index in [4.69, 9.17) is 0 Å². The average Bonchev–Trinajstić information content (AvgIpc) is 2.73. The Morgan fingerprint density at radius 3 is 2.71 bits per heavy atom. The minimum absolute atomic E-state index is 0.247. The fourth-order valence-corrected chi connectivity index (χ4v) is 1.60. The van der Waals surface area contributed by atoms with Crippen LogP contribution in [0, 0.1) is 0 Å². The van der Waals surface area contributed by atoms with E-state index >= 15 is 0 Å². The fourth-order valence-electron chi connectivity index (χ4n) is 1.60. The Morgan fingerprint density at radius 2 is 2.06 bits per heavy atom. The second kappa shape index (κ2) is 5.36. The van der Waals surface area contributed by atoms with E-state index in [1.54, 1.807) is 6.20 Å². The maximum atomic E-state index is 10.8. The van der Waals surface area contributed by atoms with Crippen molar-refractivity contribution in [3.63, 3.8) is 0 Å². The number of hydrogen-bond donors (Lipinski definition) is 4. The smallest absolute Gasteiger partial charge is 0.323 e. The molecule has 0 aliphatic carbocycles. The Bertz CT molecular complexity index is 504. The molecule has 4 N–H and O–H groups in total. The molecule has 1 aromatic carbocycles. The van der Waals surface area contributed by atoms with Crippen LogP contribution < -0.4 is 11.0 Å². The first kappa shape index (κ1) is 11.5. The van der Waals surface area contributed by atoms with Gasteiger partial charge in [-0.05, 0) is 12.1 Å². The number of nitrogens with one attached hydrogen (secondary N) is 3. The normalized spacial score (nSPS) is 12.3. The second-order valence-corrected chi connectivity index (χ2v) is 3.87. The van der Waals surface area contributed by atoms with Crippen LogP contribution in [0.5, 0.6) is 0 Å². The lowest BCUT2D eigenvalue weighted by Crippen LogP contribution is -2.22. The summed E-state index contributed by atoms with van der Waals surface area (Å²) in [5, 5.41) is 12.9. The van der Waals surface area contributed by atoms with Crippen LogP contribution in [0.2, 0.25) is 0 Å². The third kappa shape index (κ3) is 3.49. The zero-order valence-electron chi connectivity index (χ0n) is 9.31. The van der Waals surface area contributed by atoms with E-state index in [-0.39, 0.29) is 5.69 Å². The van der Waals surface area contributed by atoms with E-state index in [0.717, 1.165) is 5.69 Å². The van der Waals surface area contributed by atoms with Gasteiger partial charge in [0.1, 0.15) is 0 Å². The molecule has 1 atom stereocenters. The van der Waals surface area contributed by atoms with Crippen LogP contribution in [0.15, 0.2) is 41.3 Å². The minimum Gasteiger partial charge on any atom is -0.391 e. The maximum Gasteiger partial charge on any atom is 0.323 e. The summed E-state index contributed by atoms with van der Waals surface area (Å²) >= 11 is 0. The van der Waals surface area contributed by atoms with Gasteiger partial charge in [0.25, 0.3) is 0 Å². The number of aliphatic hydroxyl groups excluding tert-OH is 1. The third-order valence-electron chi connectivity index (χ3n) is 2.42. The third-order valence-corrected chi connectivity index (χ3v) is 2.42.